The molecular formula is C36H54N4O6. The molecule has 1 unspecified atom stereocenters. The van der Waals surface area contributed by atoms with Gasteiger partial charge in [0.25, 0.3) is 0 Å². The number of aliphatic hydroxyl groups is 2. The molecule has 254 valence electrons. The second kappa shape index (κ2) is 17.2. The average molecular weight is 639 g/mol. The van der Waals surface area contributed by atoms with E-state index in [1.807, 2.05) is 57.2 Å². The molecule has 2 aliphatic heterocycles. The van der Waals surface area contributed by atoms with E-state index in [1.54, 1.807) is 24.1 Å². The number of rotatable bonds is 6. The second-order valence-electron chi connectivity index (χ2n) is 13.6. The summed E-state index contributed by atoms with van der Waals surface area (Å²) in [5, 5.41) is 30.2. The lowest BCUT2D eigenvalue weighted by Gasteiger charge is -2.40. The van der Waals surface area contributed by atoms with Crippen LogP contribution in [0.15, 0.2) is 54.3 Å². The summed E-state index contributed by atoms with van der Waals surface area (Å²) in [6, 6.07) is 4.36. The van der Waals surface area contributed by atoms with Crippen LogP contribution in [0.5, 0.6) is 0 Å². The van der Waals surface area contributed by atoms with Gasteiger partial charge in [-0.3, -0.25) is 9.69 Å². The molecule has 1 saturated heterocycles. The van der Waals surface area contributed by atoms with Gasteiger partial charge in [0.2, 0.25) is 0 Å². The third-order valence-electron chi connectivity index (χ3n) is 9.73. The van der Waals surface area contributed by atoms with Crippen molar-refractivity contribution >= 4 is 12.1 Å². The molecule has 46 heavy (non-hydrogen) atoms. The van der Waals surface area contributed by atoms with E-state index in [0.717, 1.165) is 24.4 Å². The number of nitrogens with zero attached hydrogens (tertiary/aromatic N) is 4. The molecule has 3 aliphatic rings. The van der Waals surface area contributed by atoms with E-state index < -0.39 is 36.0 Å². The molecule has 0 spiro atoms. The fourth-order valence-electron chi connectivity index (χ4n) is 6.65. The van der Waals surface area contributed by atoms with E-state index in [0.29, 0.717) is 19.1 Å². The molecule has 1 aromatic heterocycles. The van der Waals surface area contributed by atoms with Crippen LogP contribution in [-0.4, -0.2) is 98.4 Å². The Labute approximate surface area is 274 Å². The highest BCUT2D eigenvalue weighted by Crippen LogP contribution is 2.28. The number of aliphatic hydroxyl groups excluding tert-OH is 1. The number of carbonyl (C=O) groups excluding carboxylic acids is 2. The molecule has 6 atom stereocenters. The zero-order valence-electron chi connectivity index (χ0n) is 28.1. The fraction of sp³-hybridized carbons (Fsp3) is 0.667. The van der Waals surface area contributed by atoms with Gasteiger partial charge in [0.1, 0.15) is 11.7 Å². The van der Waals surface area contributed by atoms with Gasteiger partial charge in [0, 0.05) is 50.3 Å². The molecule has 1 saturated carbocycles. The van der Waals surface area contributed by atoms with E-state index in [-0.39, 0.29) is 31.1 Å². The number of hydrogen-bond donors (Lipinski definition) is 2. The van der Waals surface area contributed by atoms with Crippen LogP contribution in [0.25, 0.3) is 0 Å². The summed E-state index contributed by atoms with van der Waals surface area (Å²) in [6.07, 6.45) is 15.7. The predicted molar refractivity (Wildman–Crippen MR) is 177 cm³/mol. The molecule has 0 radical (unpaired) electrons. The number of aromatic nitrogens is 2. The molecule has 3 heterocycles. The van der Waals surface area contributed by atoms with Crippen molar-refractivity contribution in [2.75, 3.05) is 26.2 Å². The smallest absolute Gasteiger partial charge is 0.410 e. The summed E-state index contributed by atoms with van der Waals surface area (Å²) < 4.78 is 11.9. The van der Waals surface area contributed by atoms with Gasteiger partial charge in [-0.1, -0.05) is 63.8 Å². The van der Waals surface area contributed by atoms with Gasteiger partial charge < -0.3 is 24.6 Å². The van der Waals surface area contributed by atoms with Gasteiger partial charge in [-0.2, -0.15) is 10.2 Å². The maximum absolute atomic E-state index is 13.4. The number of hydrogen-bond acceptors (Lipinski definition) is 9. The zero-order valence-corrected chi connectivity index (χ0v) is 28.1. The van der Waals surface area contributed by atoms with Crippen molar-refractivity contribution in [2.24, 2.45) is 5.92 Å². The molecule has 10 heteroatoms. The van der Waals surface area contributed by atoms with Crippen LogP contribution < -0.4 is 0 Å². The van der Waals surface area contributed by atoms with Crippen LogP contribution in [0, 0.1) is 5.92 Å². The van der Waals surface area contributed by atoms with Gasteiger partial charge in [0.15, 0.2) is 6.10 Å². The van der Waals surface area contributed by atoms with Gasteiger partial charge in [-0.05, 0) is 63.3 Å². The molecule has 0 bridgehead atoms. The fourth-order valence-corrected chi connectivity index (χ4v) is 6.65. The molecule has 0 aromatic carbocycles. The van der Waals surface area contributed by atoms with Crippen molar-refractivity contribution in [3.8, 4) is 0 Å². The van der Waals surface area contributed by atoms with Crippen LogP contribution in [0.1, 0.15) is 97.1 Å². The maximum atomic E-state index is 13.4. The first-order valence-corrected chi connectivity index (χ1v) is 17.1. The van der Waals surface area contributed by atoms with Gasteiger partial charge >= 0.3 is 12.1 Å². The van der Waals surface area contributed by atoms with Crippen LogP contribution in [0.2, 0.25) is 0 Å². The summed E-state index contributed by atoms with van der Waals surface area (Å²) in [6.45, 7) is 10.3. The summed E-state index contributed by atoms with van der Waals surface area (Å²) in [5.74, 6) is -0.766. The molecule has 2 fully saturated rings. The van der Waals surface area contributed by atoms with Gasteiger partial charge in [-0.15, -0.1) is 0 Å². The Kier molecular flexibility index (Phi) is 13.4. The van der Waals surface area contributed by atoms with Crippen molar-refractivity contribution in [1.82, 2.24) is 20.0 Å². The van der Waals surface area contributed by atoms with Crippen LogP contribution in [0.4, 0.5) is 4.79 Å². The summed E-state index contributed by atoms with van der Waals surface area (Å²) in [5.41, 5.74) is 0.214. The number of amides is 1. The summed E-state index contributed by atoms with van der Waals surface area (Å²) >= 11 is 0. The standard InChI is InChI=1S/C36H54N4O6/c1-26(31-15-10-20-37-38-31)11-9-12-27(2)34-28(3)16-17-32(36(4,44)19-18-30(41)25-33(42)46-34)45-35(43)40-23-21-39(22-24-40)29-13-7-5-6-8-14-29/h9-12,15-17,20,26,28-30,32,34,41,44H,5-8,13-14,18-19,21-25H2,1-4H3/b11-9+,17-16+,27-12+/t26?,28-,30-,32-,34+,36-/m0/s1. The molecular weight excluding hydrogens is 584 g/mol. The van der Waals surface area contributed by atoms with Crippen molar-refractivity contribution in [3.63, 3.8) is 0 Å². The maximum Gasteiger partial charge on any atom is 0.410 e. The van der Waals surface area contributed by atoms with Crippen molar-refractivity contribution < 1.29 is 29.3 Å². The van der Waals surface area contributed by atoms with E-state index >= 15 is 0 Å². The lowest BCUT2D eigenvalue weighted by molar-refractivity contribution is -0.151. The third-order valence-corrected chi connectivity index (χ3v) is 9.73. The first kappa shape index (κ1) is 35.8. The summed E-state index contributed by atoms with van der Waals surface area (Å²) in [7, 11) is 0. The highest BCUT2D eigenvalue weighted by atomic mass is 16.6. The number of esters is 1. The van der Waals surface area contributed by atoms with E-state index in [2.05, 4.69) is 15.1 Å². The Balaban J connectivity index is 1.45. The van der Waals surface area contributed by atoms with E-state index in [9.17, 15) is 19.8 Å². The average Bonchev–Trinajstić information content (AvgIpc) is 3.34. The Morgan fingerprint density at radius 3 is 2.52 bits per heavy atom. The molecule has 4 rings (SSSR count). The Bertz CT molecular complexity index is 1200. The lowest BCUT2D eigenvalue weighted by atomic mass is 9.88. The largest absolute Gasteiger partial charge is 0.457 e. The van der Waals surface area contributed by atoms with Crippen LogP contribution in [0.3, 0.4) is 0 Å². The number of ether oxygens (including phenoxy) is 2. The third kappa shape index (κ3) is 10.5. The minimum Gasteiger partial charge on any atom is -0.457 e. The number of carbonyl (C=O) groups is 2. The quantitative estimate of drug-likeness (QED) is 0.184. The first-order valence-electron chi connectivity index (χ1n) is 17.1. The zero-order chi connectivity index (χ0) is 33.1. The van der Waals surface area contributed by atoms with Crippen molar-refractivity contribution in [1.29, 1.82) is 0 Å². The monoisotopic (exact) mass is 638 g/mol. The Hall–Kier alpha value is -3.08. The minimum absolute atomic E-state index is 0.0431. The topological polar surface area (TPSA) is 125 Å². The van der Waals surface area contributed by atoms with E-state index in [4.69, 9.17) is 9.47 Å². The molecule has 2 N–H and O–H groups in total. The molecule has 1 aromatic rings. The number of allylic oxidation sites excluding steroid dienone is 3. The van der Waals surface area contributed by atoms with Crippen molar-refractivity contribution in [2.45, 2.75) is 121 Å². The number of piperazine rings is 1. The van der Waals surface area contributed by atoms with Gasteiger partial charge in [-0.25, -0.2) is 4.79 Å². The molecule has 10 nitrogen and oxygen atoms in total. The molecule has 1 aliphatic carbocycles. The highest BCUT2D eigenvalue weighted by Gasteiger charge is 2.37. The number of cyclic esters (lactones) is 1. The minimum atomic E-state index is -1.45. The Morgan fingerprint density at radius 1 is 1.13 bits per heavy atom. The highest BCUT2D eigenvalue weighted by molar-refractivity contribution is 5.70. The SMILES string of the molecule is C/C(=C\C=C\C(C)c1cccnn1)[C@H]1OC(=O)C[C@@H](O)CC[C@](C)(O)[C@@H](OC(=O)N2CCN(C3CCCCCC3)CC2)/C=C/[C@@H]1C. The van der Waals surface area contributed by atoms with Gasteiger partial charge in [0.05, 0.1) is 18.2 Å². The normalized spacial score (nSPS) is 31.3. The van der Waals surface area contributed by atoms with E-state index in [1.165, 1.54) is 38.5 Å². The Morgan fingerprint density at radius 2 is 1.85 bits per heavy atom. The first-order chi connectivity index (χ1) is 22.0. The summed E-state index contributed by atoms with van der Waals surface area (Å²) in [4.78, 5) is 30.5. The van der Waals surface area contributed by atoms with Crippen molar-refractivity contribution in [3.05, 3.63) is 60.0 Å². The van der Waals surface area contributed by atoms with Crippen LogP contribution >= 0.6 is 0 Å². The lowest BCUT2D eigenvalue weighted by Crippen LogP contribution is -2.53. The molecule has 1 amide bonds. The van der Waals surface area contributed by atoms with Crippen LogP contribution in [-0.2, 0) is 14.3 Å². The second-order valence-corrected chi connectivity index (χ2v) is 13.6. The predicted octanol–water partition coefficient (Wildman–Crippen LogP) is 5.33.